The number of sulfonamides is 1. The Balaban J connectivity index is 1.90. The van der Waals surface area contributed by atoms with Gasteiger partial charge in [0.2, 0.25) is 10.0 Å². The number of ether oxygens (including phenoxy) is 1. The van der Waals surface area contributed by atoms with Crippen LogP contribution in [0.1, 0.15) is 44.1 Å². The molecule has 1 aliphatic carbocycles. The molecule has 0 spiro atoms. The fraction of sp³-hybridized carbons (Fsp3) is 0.550. The van der Waals surface area contributed by atoms with E-state index in [9.17, 15) is 18.3 Å². The number of esters is 1. The zero-order chi connectivity index (χ0) is 19.9. The summed E-state index contributed by atoms with van der Waals surface area (Å²) in [6.07, 6.45) is 7.05. The highest BCUT2D eigenvalue weighted by Crippen LogP contribution is 2.30. The number of benzene rings is 1. The van der Waals surface area contributed by atoms with Crippen molar-refractivity contribution in [1.82, 2.24) is 4.72 Å². The number of rotatable bonds is 9. The molecule has 0 saturated heterocycles. The molecule has 1 aromatic carbocycles. The van der Waals surface area contributed by atoms with Gasteiger partial charge in [-0.3, -0.25) is 4.79 Å². The van der Waals surface area contributed by atoms with Gasteiger partial charge >= 0.3 is 5.97 Å². The molecule has 0 heterocycles. The molecule has 0 radical (unpaired) electrons. The molecule has 1 saturated carbocycles. The number of nitrogens with one attached hydrogen (secondary N) is 1. The summed E-state index contributed by atoms with van der Waals surface area (Å²) in [6, 6.07) is 6.45. The Morgan fingerprint density at radius 3 is 2.63 bits per heavy atom. The van der Waals surface area contributed by atoms with Crippen LogP contribution in [0.4, 0.5) is 0 Å². The summed E-state index contributed by atoms with van der Waals surface area (Å²) in [6.45, 7) is 1.91. The lowest BCUT2D eigenvalue weighted by molar-refractivity contribution is -0.140. The predicted octanol–water partition coefficient (Wildman–Crippen LogP) is 2.70. The van der Waals surface area contributed by atoms with Crippen LogP contribution in [0.15, 0.2) is 41.3 Å². The zero-order valence-corrected chi connectivity index (χ0v) is 16.7. The van der Waals surface area contributed by atoms with Crippen molar-refractivity contribution >= 4 is 16.0 Å². The molecule has 0 bridgehead atoms. The average molecular weight is 396 g/mol. The maximum Gasteiger partial charge on any atom is 0.305 e. The van der Waals surface area contributed by atoms with Gasteiger partial charge in [-0.1, -0.05) is 29.8 Å². The minimum Gasteiger partial charge on any atom is -0.469 e. The highest BCUT2D eigenvalue weighted by Gasteiger charge is 2.36. The number of hydrogen-bond acceptors (Lipinski definition) is 5. The van der Waals surface area contributed by atoms with Crippen molar-refractivity contribution in [3.8, 4) is 0 Å². The Morgan fingerprint density at radius 1 is 1.26 bits per heavy atom. The van der Waals surface area contributed by atoms with Crippen LogP contribution in [0.5, 0.6) is 0 Å². The first-order chi connectivity index (χ1) is 12.8. The molecule has 1 aliphatic rings. The van der Waals surface area contributed by atoms with Crippen LogP contribution in [0.25, 0.3) is 0 Å². The summed E-state index contributed by atoms with van der Waals surface area (Å²) >= 11 is 0. The number of carbonyl (C=O) groups excluding carboxylic acids is 1. The van der Waals surface area contributed by atoms with E-state index >= 15 is 0 Å². The number of carbonyl (C=O) groups is 1. The fourth-order valence-electron chi connectivity index (χ4n) is 3.34. The van der Waals surface area contributed by atoms with Crippen molar-refractivity contribution in [3.63, 3.8) is 0 Å². The number of methoxy groups -OCH3 is 1. The van der Waals surface area contributed by atoms with E-state index in [4.69, 9.17) is 0 Å². The number of aliphatic hydroxyl groups is 1. The van der Waals surface area contributed by atoms with E-state index in [1.165, 1.54) is 7.11 Å². The molecule has 1 aromatic rings. The maximum absolute atomic E-state index is 12.6. The SMILES string of the molecule is COC(=O)CCC/C=C\CC1C(O)CCC1NS(=O)(=O)c1ccc(C)cc1. The molecule has 3 atom stereocenters. The number of aryl methyl sites for hydroxylation is 1. The fourth-order valence-corrected chi connectivity index (χ4v) is 4.66. The lowest BCUT2D eigenvalue weighted by Gasteiger charge is -2.22. The van der Waals surface area contributed by atoms with Crippen LogP contribution in [0.2, 0.25) is 0 Å². The van der Waals surface area contributed by atoms with E-state index in [1.54, 1.807) is 24.3 Å². The minimum absolute atomic E-state index is 0.151. The number of unbranched alkanes of at least 4 members (excludes halogenated alkanes) is 1. The Kier molecular flexibility index (Phi) is 8.01. The van der Waals surface area contributed by atoms with Crippen LogP contribution < -0.4 is 4.72 Å². The zero-order valence-electron chi connectivity index (χ0n) is 15.9. The van der Waals surface area contributed by atoms with Crippen molar-refractivity contribution in [1.29, 1.82) is 0 Å². The molecule has 0 amide bonds. The van der Waals surface area contributed by atoms with E-state index in [1.807, 2.05) is 19.1 Å². The molecule has 6 nitrogen and oxygen atoms in total. The van der Waals surface area contributed by atoms with Gasteiger partial charge < -0.3 is 9.84 Å². The Morgan fingerprint density at radius 2 is 1.96 bits per heavy atom. The normalized spacial score (nSPS) is 23.0. The third kappa shape index (κ3) is 6.45. The third-order valence-corrected chi connectivity index (χ3v) is 6.48. The average Bonchev–Trinajstić information content (AvgIpc) is 2.97. The molecular formula is C20H29NO5S. The van der Waals surface area contributed by atoms with Gasteiger partial charge in [-0.2, -0.15) is 0 Å². The molecule has 0 aromatic heterocycles. The van der Waals surface area contributed by atoms with Gasteiger partial charge in [-0.05, 0) is 51.2 Å². The van der Waals surface area contributed by atoms with E-state index < -0.39 is 16.1 Å². The molecular weight excluding hydrogens is 366 g/mol. The predicted molar refractivity (Wildman–Crippen MR) is 104 cm³/mol. The number of hydrogen-bond donors (Lipinski definition) is 2. The second-order valence-electron chi connectivity index (χ2n) is 7.02. The quantitative estimate of drug-likeness (QED) is 0.381. The Labute approximate surface area is 161 Å². The van der Waals surface area contributed by atoms with Gasteiger partial charge in [0, 0.05) is 18.4 Å². The molecule has 2 rings (SSSR count). The lowest BCUT2D eigenvalue weighted by Crippen LogP contribution is -2.39. The van der Waals surface area contributed by atoms with E-state index in [0.717, 1.165) is 12.0 Å². The summed E-state index contributed by atoms with van der Waals surface area (Å²) in [5.41, 5.74) is 1.00. The van der Waals surface area contributed by atoms with Crippen molar-refractivity contribution in [2.75, 3.05) is 7.11 Å². The van der Waals surface area contributed by atoms with Crippen LogP contribution in [0.3, 0.4) is 0 Å². The Bertz CT molecular complexity index is 742. The van der Waals surface area contributed by atoms with Gasteiger partial charge in [0.25, 0.3) is 0 Å². The molecule has 3 unspecified atom stereocenters. The highest BCUT2D eigenvalue weighted by atomic mass is 32.2. The summed E-state index contributed by atoms with van der Waals surface area (Å²) < 4.78 is 32.6. The summed E-state index contributed by atoms with van der Waals surface area (Å²) in [7, 11) is -2.23. The van der Waals surface area contributed by atoms with Crippen LogP contribution in [-0.4, -0.2) is 38.7 Å². The molecule has 27 heavy (non-hydrogen) atoms. The second kappa shape index (κ2) is 10.0. The third-order valence-electron chi connectivity index (χ3n) is 4.98. The molecule has 2 N–H and O–H groups in total. The summed E-state index contributed by atoms with van der Waals surface area (Å²) in [5, 5.41) is 10.2. The first-order valence-corrected chi connectivity index (χ1v) is 10.8. The van der Waals surface area contributed by atoms with E-state index in [0.29, 0.717) is 32.1 Å². The maximum atomic E-state index is 12.6. The number of aliphatic hydroxyl groups excluding tert-OH is 1. The molecule has 7 heteroatoms. The second-order valence-corrected chi connectivity index (χ2v) is 8.74. The van der Waals surface area contributed by atoms with Gasteiger partial charge in [0.1, 0.15) is 0 Å². The standard InChI is InChI=1S/C20H29NO5S/c1-15-9-11-16(12-10-15)27(24,25)21-18-13-14-19(22)17(18)7-5-3-4-6-8-20(23)26-2/h3,5,9-12,17-19,21-22H,4,6-8,13-14H2,1-2H3/b5-3-. The van der Waals surface area contributed by atoms with E-state index in [2.05, 4.69) is 9.46 Å². The van der Waals surface area contributed by atoms with Crippen LogP contribution >= 0.6 is 0 Å². The molecule has 150 valence electrons. The van der Waals surface area contributed by atoms with Gasteiger partial charge in [-0.15, -0.1) is 0 Å². The van der Waals surface area contributed by atoms with Crippen LogP contribution in [-0.2, 0) is 19.6 Å². The van der Waals surface area contributed by atoms with Gasteiger partial charge in [0.05, 0.1) is 18.1 Å². The van der Waals surface area contributed by atoms with Crippen molar-refractivity contribution in [2.45, 2.75) is 62.5 Å². The molecule has 1 fully saturated rings. The van der Waals surface area contributed by atoms with Crippen molar-refractivity contribution in [2.24, 2.45) is 5.92 Å². The first-order valence-electron chi connectivity index (χ1n) is 9.32. The van der Waals surface area contributed by atoms with Gasteiger partial charge in [-0.25, -0.2) is 13.1 Å². The van der Waals surface area contributed by atoms with Crippen molar-refractivity contribution < 1.29 is 23.1 Å². The molecule has 0 aliphatic heterocycles. The van der Waals surface area contributed by atoms with E-state index in [-0.39, 0.29) is 22.8 Å². The minimum atomic E-state index is -3.61. The topological polar surface area (TPSA) is 92.7 Å². The monoisotopic (exact) mass is 395 g/mol. The lowest BCUT2D eigenvalue weighted by atomic mass is 9.98. The first kappa shape index (κ1) is 21.6. The highest BCUT2D eigenvalue weighted by molar-refractivity contribution is 7.89. The van der Waals surface area contributed by atoms with Crippen molar-refractivity contribution in [3.05, 3.63) is 42.0 Å². The van der Waals surface area contributed by atoms with Gasteiger partial charge in [0.15, 0.2) is 0 Å². The summed E-state index contributed by atoms with van der Waals surface area (Å²) in [4.78, 5) is 11.3. The number of allylic oxidation sites excluding steroid dienone is 2. The smallest absolute Gasteiger partial charge is 0.305 e. The summed E-state index contributed by atoms with van der Waals surface area (Å²) in [5.74, 6) is -0.373. The van der Waals surface area contributed by atoms with Crippen LogP contribution in [0, 0.1) is 12.8 Å². The Hall–Kier alpha value is -1.70. The largest absolute Gasteiger partial charge is 0.469 e.